The van der Waals surface area contributed by atoms with Crippen LogP contribution in [0.25, 0.3) is 6.08 Å². The van der Waals surface area contributed by atoms with Crippen molar-refractivity contribution >= 4 is 18.0 Å². The highest BCUT2D eigenvalue weighted by molar-refractivity contribution is 6.14. The maximum absolute atomic E-state index is 11.8. The van der Waals surface area contributed by atoms with Gasteiger partial charge in [0.1, 0.15) is 12.3 Å². The van der Waals surface area contributed by atoms with E-state index in [0.29, 0.717) is 30.1 Å². The number of carbonyl (C=O) groups excluding carboxylic acids is 2. The summed E-state index contributed by atoms with van der Waals surface area (Å²) in [6.45, 7) is 6.24. The Morgan fingerprint density at radius 1 is 1.11 bits per heavy atom. The Bertz CT molecular complexity index is 946. The molecule has 1 saturated heterocycles. The minimum Gasteiger partial charge on any atom is -0.493 e. The Balaban J connectivity index is 1.91. The molecule has 2 aromatic rings. The summed E-state index contributed by atoms with van der Waals surface area (Å²) in [5.41, 5.74) is 4.01. The van der Waals surface area contributed by atoms with E-state index in [1.807, 2.05) is 37.3 Å². The van der Waals surface area contributed by atoms with Gasteiger partial charge >= 0.3 is 6.03 Å². The van der Waals surface area contributed by atoms with Crippen LogP contribution in [0.5, 0.6) is 11.5 Å². The molecule has 0 bridgehead atoms. The number of urea groups is 1. The Kier molecular flexibility index (Phi) is 5.79. The second-order valence-corrected chi connectivity index (χ2v) is 6.44. The molecule has 2 aromatic carbocycles. The largest absolute Gasteiger partial charge is 0.493 e. The first-order chi connectivity index (χ1) is 13.5. The van der Waals surface area contributed by atoms with Gasteiger partial charge in [-0.3, -0.25) is 10.1 Å². The first kappa shape index (κ1) is 19.2. The van der Waals surface area contributed by atoms with Crippen LogP contribution in [0, 0.1) is 6.92 Å². The maximum atomic E-state index is 11.8. The van der Waals surface area contributed by atoms with Crippen LogP contribution in [0.3, 0.4) is 0 Å². The Labute approximate surface area is 163 Å². The Morgan fingerprint density at radius 3 is 2.46 bits per heavy atom. The molecule has 144 valence electrons. The molecule has 3 amide bonds. The third-order valence-corrected chi connectivity index (χ3v) is 4.27. The number of rotatable bonds is 7. The molecule has 6 heteroatoms. The lowest BCUT2D eigenvalue weighted by Crippen LogP contribution is -2.22. The van der Waals surface area contributed by atoms with E-state index >= 15 is 0 Å². The highest BCUT2D eigenvalue weighted by Gasteiger charge is 2.23. The summed E-state index contributed by atoms with van der Waals surface area (Å²) in [5, 5.41) is 4.66. The standard InChI is InChI=1S/C22H22N2O4/c1-4-5-17-10-16(11-18-21(25)24-22(26)23-18)12-19(27-3)20(17)28-13-15-8-6-14(2)7-9-15/h4,6-12H,1,5,13H2,2-3H3,(H2,23,24,25,26). The molecule has 0 spiro atoms. The van der Waals surface area contributed by atoms with Crippen molar-refractivity contribution in [2.24, 2.45) is 0 Å². The highest BCUT2D eigenvalue weighted by atomic mass is 16.5. The van der Waals surface area contributed by atoms with Crippen molar-refractivity contribution in [3.05, 3.63) is 77.0 Å². The van der Waals surface area contributed by atoms with Crippen LogP contribution >= 0.6 is 0 Å². The fourth-order valence-corrected chi connectivity index (χ4v) is 2.88. The third-order valence-electron chi connectivity index (χ3n) is 4.27. The number of imide groups is 1. The number of benzene rings is 2. The van der Waals surface area contributed by atoms with Gasteiger partial charge in [-0.2, -0.15) is 0 Å². The van der Waals surface area contributed by atoms with Gasteiger partial charge in [0, 0.05) is 5.56 Å². The van der Waals surface area contributed by atoms with Gasteiger partial charge in [-0.25, -0.2) is 4.79 Å². The Hall–Kier alpha value is -3.54. The summed E-state index contributed by atoms with van der Waals surface area (Å²) in [7, 11) is 1.56. The zero-order valence-corrected chi connectivity index (χ0v) is 15.9. The molecule has 0 saturated carbocycles. The van der Waals surface area contributed by atoms with E-state index in [9.17, 15) is 9.59 Å². The molecule has 0 atom stereocenters. The molecule has 1 fully saturated rings. The third kappa shape index (κ3) is 4.40. The molecule has 28 heavy (non-hydrogen) atoms. The van der Waals surface area contributed by atoms with Crippen molar-refractivity contribution in [3.8, 4) is 11.5 Å². The second-order valence-electron chi connectivity index (χ2n) is 6.44. The molecule has 2 N–H and O–H groups in total. The molecular weight excluding hydrogens is 356 g/mol. The van der Waals surface area contributed by atoms with Gasteiger partial charge in [0.25, 0.3) is 5.91 Å². The average molecular weight is 378 g/mol. The molecule has 3 rings (SSSR count). The zero-order chi connectivity index (χ0) is 20.1. The molecule has 0 aromatic heterocycles. The quantitative estimate of drug-likeness (QED) is 0.439. The predicted octanol–water partition coefficient (Wildman–Crippen LogP) is 3.49. The molecule has 6 nitrogen and oxygen atoms in total. The van der Waals surface area contributed by atoms with Crippen LogP contribution < -0.4 is 20.1 Å². The van der Waals surface area contributed by atoms with Gasteiger partial charge in [-0.1, -0.05) is 35.9 Å². The van der Waals surface area contributed by atoms with Crippen molar-refractivity contribution in [1.29, 1.82) is 0 Å². The first-order valence-corrected chi connectivity index (χ1v) is 8.84. The van der Waals surface area contributed by atoms with Crippen LogP contribution in [-0.2, 0) is 17.8 Å². The zero-order valence-electron chi connectivity index (χ0n) is 15.9. The number of hydrogen-bond donors (Lipinski definition) is 2. The van der Waals surface area contributed by atoms with Crippen LogP contribution in [0.15, 0.2) is 54.8 Å². The molecule has 0 unspecified atom stereocenters. The fourth-order valence-electron chi connectivity index (χ4n) is 2.88. The molecule has 0 radical (unpaired) electrons. The second kappa shape index (κ2) is 8.43. The Morgan fingerprint density at radius 2 is 1.86 bits per heavy atom. The number of carbonyl (C=O) groups is 2. The normalized spacial score (nSPS) is 14.6. The van der Waals surface area contributed by atoms with Crippen LogP contribution in [0.2, 0.25) is 0 Å². The van der Waals surface area contributed by atoms with Crippen molar-refractivity contribution in [3.63, 3.8) is 0 Å². The highest BCUT2D eigenvalue weighted by Crippen LogP contribution is 2.35. The van der Waals surface area contributed by atoms with E-state index < -0.39 is 11.9 Å². The van der Waals surface area contributed by atoms with Gasteiger partial charge in [0.15, 0.2) is 11.5 Å². The molecule has 0 aliphatic carbocycles. The van der Waals surface area contributed by atoms with Gasteiger partial charge < -0.3 is 14.8 Å². The summed E-state index contributed by atoms with van der Waals surface area (Å²) in [5.74, 6) is 0.710. The fraction of sp³-hybridized carbons (Fsp3) is 0.182. The van der Waals surface area contributed by atoms with E-state index in [2.05, 4.69) is 17.2 Å². The number of aryl methyl sites for hydroxylation is 1. The molecule has 1 heterocycles. The van der Waals surface area contributed by atoms with Crippen LogP contribution in [0.4, 0.5) is 4.79 Å². The van der Waals surface area contributed by atoms with E-state index in [-0.39, 0.29) is 5.70 Å². The van der Waals surface area contributed by atoms with Crippen molar-refractivity contribution in [2.45, 2.75) is 20.0 Å². The number of nitrogens with one attached hydrogen (secondary N) is 2. The average Bonchev–Trinajstić information content (AvgIpc) is 2.99. The smallest absolute Gasteiger partial charge is 0.326 e. The lowest BCUT2D eigenvalue weighted by atomic mass is 10.0. The maximum Gasteiger partial charge on any atom is 0.326 e. The topological polar surface area (TPSA) is 76.7 Å². The van der Waals surface area contributed by atoms with Crippen LogP contribution in [-0.4, -0.2) is 19.0 Å². The monoisotopic (exact) mass is 378 g/mol. The molecule has 1 aliphatic rings. The van der Waals surface area contributed by atoms with Gasteiger partial charge in [-0.15, -0.1) is 6.58 Å². The number of allylic oxidation sites excluding steroid dienone is 1. The lowest BCUT2D eigenvalue weighted by molar-refractivity contribution is -0.115. The summed E-state index contributed by atoms with van der Waals surface area (Å²) >= 11 is 0. The molecular formula is C22H22N2O4. The summed E-state index contributed by atoms with van der Waals surface area (Å²) in [6.07, 6.45) is 3.93. The van der Waals surface area contributed by atoms with Gasteiger partial charge in [0.2, 0.25) is 0 Å². The SMILES string of the molecule is C=CCc1cc(C=C2NC(=O)NC2=O)cc(OC)c1OCc1ccc(C)cc1. The minimum absolute atomic E-state index is 0.185. The van der Waals surface area contributed by atoms with E-state index in [1.54, 1.807) is 25.3 Å². The van der Waals surface area contributed by atoms with Crippen molar-refractivity contribution in [2.75, 3.05) is 7.11 Å². The van der Waals surface area contributed by atoms with E-state index in [4.69, 9.17) is 9.47 Å². The lowest BCUT2D eigenvalue weighted by Gasteiger charge is -2.16. The number of amides is 3. The van der Waals surface area contributed by atoms with E-state index in [0.717, 1.165) is 11.1 Å². The van der Waals surface area contributed by atoms with Crippen molar-refractivity contribution in [1.82, 2.24) is 10.6 Å². The van der Waals surface area contributed by atoms with Crippen LogP contribution in [0.1, 0.15) is 22.3 Å². The molecule has 1 aliphatic heterocycles. The number of ether oxygens (including phenoxy) is 2. The van der Waals surface area contributed by atoms with Gasteiger partial charge in [0.05, 0.1) is 7.11 Å². The minimum atomic E-state index is -0.535. The van der Waals surface area contributed by atoms with E-state index in [1.165, 1.54) is 5.56 Å². The van der Waals surface area contributed by atoms with Crippen molar-refractivity contribution < 1.29 is 19.1 Å². The number of methoxy groups -OCH3 is 1. The summed E-state index contributed by atoms with van der Waals surface area (Å²) in [6, 6.07) is 11.2. The summed E-state index contributed by atoms with van der Waals surface area (Å²) < 4.78 is 11.6. The van der Waals surface area contributed by atoms with Gasteiger partial charge in [-0.05, 0) is 42.7 Å². The summed E-state index contributed by atoms with van der Waals surface area (Å²) in [4.78, 5) is 23.1. The predicted molar refractivity (Wildman–Crippen MR) is 107 cm³/mol. The number of hydrogen-bond acceptors (Lipinski definition) is 4. The first-order valence-electron chi connectivity index (χ1n) is 8.84.